The molecule has 0 fully saturated rings. The molecule has 1 amide bonds. The maximum Gasteiger partial charge on any atom is 0.240 e. The van der Waals surface area contributed by atoms with E-state index in [9.17, 15) is 4.79 Å². The Labute approximate surface area is 211 Å². The van der Waals surface area contributed by atoms with Crippen LogP contribution in [0.3, 0.4) is 0 Å². The van der Waals surface area contributed by atoms with Crippen LogP contribution in [0.15, 0.2) is 58.8 Å². The molecule has 3 N–H and O–H groups in total. The number of carbonyl (C=O) groups is 1. The van der Waals surface area contributed by atoms with E-state index < -0.39 is 0 Å². The monoisotopic (exact) mass is 497 g/mol. The van der Waals surface area contributed by atoms with E-state index in [0.29, 0.717) is 5.13 Å². The van der Waals surface area contributed by atoms with Crippen molar-refractivity contribution in [3.05, 3.63) is 59.5 Å². The zero-order valence-electron chi connectivity index (χ0n) is 20.3. The summed E-state index contributed by atoms with van der Waals surface area (Å²) in [4.78, 5) is 20.0. The van der Waals surface area contributed by atoms with Crippen molar-refractivity contribution in [2.45, 2.75) is 37.5 Å². The Kier molecular flexibility index (Phi) is 10.9. The lowest BCUT2D eigenvalue weighted by Gasteiger charge is -2.09. The summed E-state index contributed by atoms with van der Waals surface area (Å²) >= 11 is 3.04. The fourth-order valence-corrected chi connectivity index (χ4v) is 4.67. The molecule has 0 saturated heterocycles. The summed E-state index contributed by atoms with van der Waals surface area (Å²) in [5.74, 6) is -0.0807. The van der Waals surface area contributed by atoms with Crippen molar-refractivity contribution in [1.29, 1.82) is 0 Å². The van der Waals surface area contributed by atoms with Gasteiger partial charge in [0, 0.05) is 34.6 Å². The van der Waals surface area contributed by atoms with Crippen LogP contribution in [0.4, 0.5) is 10.8 Å². The minimum absolute atomic E-state index is 0.0807. The standard InChI is InChI=1S/C26H35N5OS2/c1-4-5-6-8-20-11-13-23(14-12-20)34-30-22-10-7-9-21(17-22)24-19-33-26(28-24)29-25(32)18-27-15-16-31(2)3/h7,9-14,17,19,27,30H,4-6,8,15-16,18H2,1-3H3,(H,28,29,32). The lowest BCUT2D eigenvalue weighted by atomic mass is 10.1. The van der Waals surface area contributed by atoms with Gasteiger partial charge in [0.05, 0.1) is 12.2 Å². The van der Waals surface area contributed by atoms with Crippen molar-refractivity contribution >= 4 is 40.0 Å². The normalized spacial score (nSPS) is 11.1. The van der Waals surface area contributed by atoms with E-state index in [1.165, 1.54) is 41.1 Å². The van der Waals surface area contributed by atoms with Crippen LogP contribution < -0.4 is 15.4 Å². The minimum Gasteiger partial charge on any atom is -0.326 e. The number of aromatic nitrogens is 1. The lowest BCUT2D eigenvalue weighted by molar-refractivity contribution is -0.115. The van der Waals surface area contributed by atoms with Crippen molar-refractivity contribution in [1.82, 2.24) is 15.2 Å². The number of unbranched alkanes of at least 4 members (excludes halogenated alkanes) is 2. The topological polar surface area (TPSA) is 69.3 Å². The van der Waals surface area contributed by atoms with Crippen LogP contribution in [-0.2, 0) is 11.2 Å². The van der Waals surface area contributed by atoms with E-state index in [2.05, 4.69) is 62.5 Å². The first kappa shape index (κ1) is 26.2. The number of likely N-dealkylation sites (N-methyl/N-ethyl adjacent to an activating group) is 1. The average molecular weight is 498 g/mol. The number of nitrogens with one attached hydrogen (secondary N) is 3. The molecule has 1 heterocycles. The molecule has 6 nitrogen and oxygen atoms in total. The van der Waals surface area contributed by atoms with Crippen LogP contribution in [0.2, 0.25) is 0 Å². The second-order valence-corrected chi connectivity index (χ2v) is 10.2. The van der Waals surface area contributed by atoms with Crippen LogP contribution in [0.5, 0.6) is 0 Å². The van der Waals surface area contributed by atoms with Gasteiger partial charge in [-0.15, -0.1) is 11.3 Å². The van der Waals surface area contributed by atoms with Gasteiger partial charge in [-0.1, -0.05) is 44.0 Å². The third-order valence-electron chi connectivity index (χ3n) is 5.21. The number of nitrogens with zero attached hydrogens (tertiary/aromatic N) is 2. The highest BCUT2D eigenvalue weighted by atomic mass is 32.2. The molecule has 34 heavy (non-hydrogen) atoms. The van der Waals surface area contributed by atoms with E-state index in [0.717, 1.165) is 36.5 Å². The molecule has 0 aliphatic carbocycles. The molecule has 2 aromatic carbocycles. The molecule has 0 bridgehead atoms. The number of amides is 1. The van der Waals surface area contributed by atoms with Gasteiger partial charge in [-0.05, 0) is 68.7 Å². The number of hydrogen-bond acceptors (Lipinski definition) is 7. The molecule has 3 aromatic rings. The Morgan fingerprint density at radius 1 is 1.12 bits per heavy atom. The van der Waals surface area contributed by atoms with Crippen molar-refractivity contribution in [3.8, 4) is 11.3 Å². The fraction of sp³-hybridized carbons (Fsp3) is 0.385. The maximum absolute atomic E-state index is 12.1. The van der Waals surface area contributed by atoms with E-state index in [1.807, 2.05) is 37.7 Å². The fourth-order valence-electron chi connectivity index (χ4n) is 3.29. The zero-order chi connectivity index (χ0) is 24.2. The first-order valence-corrected chi connectivity index (χ1v) is 13.5. The molecular weight excluding hydrogens is 462 g/mol. The van der Waals surface area contributed by atoms with Gasteiger partial charge in [-0.2, -0.15) is 0 Å². The zero-order valence-corrected chi connectivity index (χ0v) is 21.9. The van der Waals surface area contributed by atoms with E-state index >= 15 is 0 Å². The third-order valence-corrected chi connectivity index (χ3v) is 6.81. The summed E-state index contributed by atoms with van der Waals surface area (Å²) in [6.45, 7) is 4.17. The van der Waals surface area contributed by atoms with Crippen LogP contribution in [0.25, 0.3) is 11.3 Å². The predicted octanol–water partition coefficient (Wildman–Crippen LogP) is 5.75. The summed E-state index contributed by atoms with van der Waals surface area (Å²) in [6.07, 6.45) is 4.94. The van der Waals surface area contributed by atoms with Gasteiger partial charge in [0.25, 0.3) is 0 Å². The van der Waals surface area contributed by atoms with E-state index in [4.69, 9.17) is 0 Å². The summed E-state index contributed by atoms with van der Waals surface area (Å²) in [5, 5.41) is 8.59. The van der Waals surface area contributed by atoms with Crippen LogP contribution in [-0.4, -0.2) is 49.5 Å². The van der Waals surface area contributed by atoms with Gasteiger partial charge in [0.2, 0.25) is 5.91 Å². The van der Waals surface area contributed by atoms with E-state index in [-0.39, 0.29) is 12.5 Å². The van der Waals surface area contributed by atoms with Crippen LogP contribution in [0.1, 0.15) is 31.7 Å². The van der Waals surface area contributed by atoms with Crippen molar-refractivity contribution in [2.24, 2.45) is 0 Å². The molecular formula is C26H35N5OS2. The Balaban J connectivity index is 1.49. The van der Waals surface area contributed by atoms with Crippen molar-refractivity contribution in [2.75, 3.05) is 43.8 Å². The molecule has 0 radical (unpaired) electrons. The molecule has 0 aliphatic rings. The van der Waals surface area contributed by atoms with Gasteiger partial charge < -0.3 is 20.3 Å². The molecule has 0 unspecified atom stereocenters. The quantitative estimate of drug-likeness (QED) is 0.195. The van der Waals surface area contributed by atoms with Gasteiger partial charge in [0.1, 0.15) is 0 Å². The Morgan fingerprint density at radius 3 is 2.71 bits per heavy atom. The highest BCUT2D eigenvalue weighted by Crippen LogP contribution is 2.29. The number of carbonyl (C=O) groups excluding carboxylic acids is 1. The smallest absolute Gasteiger partial charge is 0.240 e. The second-order valence-electron chi connectivity index (χ2n) is 8.45. The average Bonchev–Trinajstić information content (AvgIpc) is 3.30. The Morgan fingerprint density at radius 2 is 1.94 bits per heavy atom. The molecule has 182 valence electrons. The summed E-state index contributed by atoms with van der Waals surface area (Å²) < 4.78 is 3.43. The lowest BCUT2D eigenvalue weighted by Crippen LogP contribution is -2.33. The van der Waals surface area contributed by atoms with Crippen molar-refractivity contribution < 1.29 is 4.79 Å². The molecule has 3 rings (SSSR count). The van der Waals surface area contributed by atoms with Gasteiger partial charge in [-0.25, -0.2) is 4.98 Å². The predicted molar refractivity (Wildman–Crippen MR) is 147 cm³/mol. The van der Waals surface area contributed by atoms with Crippen LogP contribution in [0, 0.1) is 0 Å². The number of aryl methyl sites for hydroxylation is 1. The Bertz CT molecular complexity index is 1020. The highest BCUT2D eigenvalue weighted by molar-refractivity contribution is 8.00. The maximum atomic E-state index is 12.1. The van der Waals surface area contributed by atoms with Gasteiger partial charge >= 0.3 is 0 Å². The summed E-state index contributed by atoms with van der Waals surface area (Å²) in [6, 6.07) is 17.0. The number of thiazole rings is 1. The third kappa shape index (κ3) is 9.10. The molecule has 1 aromatic heterocycles. The SMILES string of the molecule is CCCCCc1ccc(SNc2cccc(-c3csc(NC(=O)CNCCN(C)C)n3)c2)cc1. The summed E-state index contributed by atoms with van der Waals surface area (Å²) in [7, 11) is 4.02. The Hall–Kier alpha value is -2.39. The molecule has 0 aliphatic heterocycles. The first-order valence-electron chi connectivity index (χ1n) is 11.8. The van der Waals surface area contributed by atoms with E-state index in [1.54, 1.807) is 11.9 Å². The number of benzene rings is 2. The number of anilines is 2. The largest absolute Gasteiger partial charge is 0.326 e. The number of hydrogen-bond donors (Lipinski definition) is 3. The minimum atomic E-state index is -0.0807. The van der Waals surface area contributed by atoms with Crippen LogP contribution >= 0.6 is 23.3 Å². The number of rotatable bonds is 14. The molecule has 0 spiro atoms. The second kappa shape index (κ2) is 14.1. The first-order chi connectivity index (χ1) is 16.5. The molecule has 8 heteroatoms. The summed E-state index contributed by atoms with van der Waals surface area (Å²) in [5.41, 5.74) is 4.28. The molecule has 0 saturated carbocycles. The van der Waals surface area contributed by atoms with Crippen molar-refractivity contribution in [3.63, 3.8) is 0 Å². The van der Waals surface area contributed by atoms with Gasteiger partial charge in [0.15, 0.2) is 5.13 Å². The van der Waals surface area contributed by atoms with Gasteiger partial charge in [-0.3, -0.25) is 4.79 Å². The highest BCUT2D eigenvalue weighted by Gasteiger charge is 2.09. The molecule has 0 atom stereocenters.